The number of aliphatic hydroxyl groups is 1. The van der Waals surface area contributed by atoms with Gasteiger partial charge in [0, 0.05) is 46.7 Å². The molecule has 4 aliphatic rings. The zero-order chi connectivity index (χ0) is 36.1. The Morgan fingerprint density at radius 2 is 1.78 bits per heavy atom. The standard InChI is InChI=1S/C40H47BrFN3O5Si/c1-26-38(51(2,3)42)35(22-37(48)44-24-29-13-8-7-12-28(29)20-32(44)25-46)50-40(26)33-21-30(41)16-17-34(33)45(39(40)49)23-27-11-10-14-31(19-27)43-18-9-5-4-6-15-36(43)47/h7-8,10-14,16-17,19,21,26,32,35,38,46H,4-6,9,15,18,20,22-25H2,1-3H3/t26-,32+,35+,38-,40+/m1/s1. The average molecular weight is 777 g/mol. The quantitative estimate of drug-likeness (QED) is 0.200. The number of halogens is 2. The fraction of sp³-hybridized carbons (Fsp3) is 0.475. The number of benzene rings is 3. The van der Waals surface area contributed by atoms with E-state index in [-0.39, 0.29) is 43.3 Å². The molecule has 4 aliphatic heterocycles. The molecule has 2 saturated heterocycles. The molecule has 3 amide bonds. The maximum Gasteiger partial charge on any atom is 0.264 e. The number of anilines is 2. The van der Waals surface area contributed by atoms with Gasteiger partial charge in [0.25, 0.3) is 5.91 Å². The number of amides is 3. The molecule has 270 valence electrons. The van der Waals surface area contributed by atoms with Crippen molar-refractivity contribution < 1.29 is 28.3 Å². The van der Waals surface area contributed by atoms with Crippen LogP contribution < -0.4 is 9.80 Å². The number of fused-ring (bicyclic) bond motifs is 3. The minimum absolute atomic E-state index is 0.0850. The van der Waals surface area contributed by atoms with Crippen molar-refractivity contribution in [3.8, 4) is 0 Å². The second-order valence-electron chi connectivity index (χ2n) is 15.2. The molecule has 5 atom stereocenters. The van der Waals surface area contributed by atoms with Crippen molar-refractivity contribution in [3.05, 3.63) is 93.5 Å². The van der Waals surface area contributed by atoms with Gasteiger partial charge >= 0.3 is 0 Å². The van der Waals surface area contributed by atoms with Gasteiger partial charge in [-0.25, -0.2) is 0 Å². The molecule has 3 aromatic rings. The maximum atomic E-state index is 16.5. The van der Waals surface area contributed by atoms with Gasteiger partial charge < -0.3 is 28.7 Å². The van der Waals surface area contributed by atoms with Crippen molar-refractivity contribution in [3.63, 3.8) is 0 Å². The monoisotopic (exact) mass is 775 g/mol. The van der Waals surface area contributed by atoms with Gasteiger partial charge in [-0.05, 0) is 79.4 Å². The molecule has 0 aliphatic carbocycles. The Morgan fingerprint density at radius 3 is 2.55 bits per heavy atom. The van der Waals surface area contributed by atoms with Crippen LogP contribution in [0.15, 0.2) is 71.2 Å². The Bertz CT molecular complexity index is 1840. The molecule has 0 saturated carbocycles. The van der Waals surface area contributed by atoms with E-state index >= 15 is 4.11 Å². The molecule has 0 unspecified atom stereocenters. The van der Waals surface area contributed by atoms with Crippen molar-refractivity contribution in [2.24, 2.45) is 5.92 Å². The lowest BCUT2D eigenvalue weighted by Gasteiger charge is -2.37. The number of nitrogens with zero attached hydrogens (tertiary/aromatic N) is 3. The van der Waals surface area contributed by atoms with Crippen LogP contribution in [-0.4, -0.2) is 61.4 Å². The highest BCUT2D eigenvalue weighted by Crippen LogP contribution is 2.60. The van der Waals surface area contributed by atoms with Gasteiger partial charge in [0.2, 0.25) is 20.2 Å². The zero-order valence-corrected chi connectivity index (χ0v) is 32.2. The van der Waals surface area contributed by atoms with Gasteiger partial charge in [-0.15, -0.1) is 0 Å². The minimum Gasteiger partial charge on any atom is -0.394 e. The van der Waals surface area contributed by atoms with E-state index in [0.29, 0.717) is 37.2 Å². The molecule has 51 heavy (non-hydrogen) atoms. The van der Waals surface area contributed by atoms with Crippen LogP contribution in [0.2, 0.25) is 18.6 Å². The SMILES string of the molecule is C[C@@H]1[C@@H]([Si](C)(C)F)[C@H](CC(=O)N2Cc3ccccc3C[C@H]2CO)O[C@@]12C(=O)N(Cc1cccc(N3CCCCCCC3=O)c1)c1ccc(Br)cc12. The molecule has 11 heteroatoms. The molecule has 1 spiro atoms. The van der Waals surface area contributed by atoms with Crippen LogP contribution in [0.3, 0.4) is 0 Å². The van der Waals surface area contributed by atoms with Gasteiger partial charge in [-0.3, -0.25) is 14.4 Å². The number of hydrogen-bond donors (Lipinski definition) is 1. The summed E-state index contributed by atoms with van der Waals surface area (Å²) >= 11 is 3.61. The van der Waals surface area contributed by atoms with Gasteiger partial charge in [-0.1, -0.05) is 72.1 Å². The van der Waals surface area contributed by atoms with E-state index in [4.69, 9.17) is 4.74 Å². The van der Waals surface area contributed by atoms with Crippen LogP contribution in [0.4, 0.5) is 15.5 Å². The second kappa shape index (κ2) is 14.2. The molecular weight excluding hydrogens is 729 g/mol. The van der Waals surface area contributed by atoms with E-state index in [1.54, 1.807) is 22.9 Å². The van der Waals surface area contributed by atoms with Crippen LogP contribution in [0.5, 0.6) is 0 Å². The molecular formula is C40H47BrFN3O5Si. The molecule has 0 aromatic heterocycles. The normalized spacial score (nSPS) is 26.7. The largest absolute Gasteiger partial charge is 0.394 e. The third kappa shape index (κ3) is 6.60. The van der Waals surface area contributed by atoms with Gasteiger partial charge in [0.15, 0.2) is 5.60 Å². The Balaban J connectivity index is 1.20. The number of hydrogen-bond acceptors (Lipinski definition) is 5. The van der Waals surface area contributed by atoms with Crippen molar-refractivity contribution in [2.45, 2.75) is 101 Å². The summed E-state index contributed by atoms with van der Waals surface area (Å²) in [4.78, 5) is 47.4. The predicted octanol–water partition coefficient (Wildman–Crippen LogP) is 7.40. The van der Waals surface area contributed by atoms with E-state index in [9.17, 15) is 19.5 Å². The smallest absolute Gasteiger partial charge is 0.264 e. The van der Waals surface area contributed by atoms with Crippen LogP contribution >= 0.6 is 15.9 Å². The Hall–Kier alpha value is -3.38. The zero-order valence-electron chi connectivity index (χ0n) is 29.6. The molecule has 3 aromatic carbocycles. The first-order valence-electron chi connectivity index (χ1n) is 18.3. The van der Waals surface area contributed by atoms with Crippen LogP contribution in [0.25, 0.3) is 0 Å². The number of carbonyl (C=O) groups excluding carboxylic acids is 3. The fourth-order valence-electron chi connectivity index (χ4n) is 9.15. The van der Waals surface area contributed by atoms with Crippen molar-refractivity contribution in [1.29, 1.82) is 0 Å². The number of carbonyl (C=O) groups is 3. The van der Waals surface area contributed by atoms with Crippen molar-refractivity contribution >= 4 is 53.4 Å². The topological polar surface area (TPSA) is 90.4 Å². The first-order chi connectivity index (χ1) is 24.4. The predicted molar refractivity (Wildman–Crippen MR) is 201 cm³/mol. The van der Waals surface area contributed by atoms with E-state index < -0.39 is 31.6 Å². The number of rotatable bonds is 7. The highest BCUT2D eigenvalue weighted by Gasteiger charge is 2.67. The van der Waals surface area contributed by atoms with Gasteiger partial charge in [0.05, 0.1) is 37.4 Å². The highest BCUT2D eigenvalue weighted by atomic mass is 79.9. The molecule has 2 fully saturated rings. The molecule has 4 heterocycles. The minimum atomic E-state index is -3.51. The lowest BCUT2D eigenvalue weighted by molar-refractivity contribution is -0.151. The summed E-state index contributed by atoms with van der Waals surface area (Å²) in [6.07, 6.45) is 4.17. The molecule has 0 radical (unpaired) electrons. The van der Waals surface area contributed by atoms with E-state index in [1.807, 2.05) is 78.6 Å². The lowest BCUT2D eigenvalue weighted by Crippen LogP contribution is -2.48. The van der Waals surface area contributed by atoms with Crippen molar-refractivity contribution in [1.82, 2.24) is 4.90 Å². The summed E-state index contributed by atoms with van der Waals surface area (Å²) in [6, 6.07) is 21.1. The third-order valence-corrected chi connectivity index (χ3v) is 14.5. The van der Waals surface area contributed by atoms with E-state index in [0.717, 1.165) is 52.5 Å². The first-order valence-corrected chi connectivity index (χ1v) is 22.0. The Morgan fingerprint density at radius 1 is 1.02 bits per heavy atom. The van der Waals surface area contributed by atoms with Gasteiger partial charge in [-0.2, -0.15) is 0 Å². The van der Waals surface area contributed by atoms with Crippen LogP contribution in [0.1, 0.15) is 67.7 Å². The van der Waals surface area contributed by atoms with Crippen molar-refractivity contribution in [2.75, 3.05) is 23.0 Å². The van der Waals surface area contributed by atoms with Crippen LogP contribution in [0, 0.1) is 5.92 Å². The molecule has 0 bridgehead atoms. The summed E-state index contributed by atoms with van der Waals surface area (Å²) in [5.41, 5.74) is 3.09. The summed E-state index contributed by atoms with van der Waals surface area (Å²) in [5, 5.41) is 10.3. The summed E-state index contributed by atoms with van der Waals surface area (Å²) in [6.45, 7) is 6.27. The van der Waals surface area contributed by atoms with E-state index in [2.05, 4.69) is 15.9 Å². The lowest BCUT2D eigenvalue weighted by atomic mass is 9.82. The Kier molecular flexibility index (Phi) is 10.0. The maximum absolute atomic E-state index is 16.5. The van der Waals surface area contributed by atoms with Gasteiger partial charge in [0.1, 0.15) is 0 Å². The third-order valence-electron chi connectivity index (χ3n) is 11.6. The first kappa shape index (κ1) is 36.0. The summed E-state index contributed by atoms with van der Waals surface area (Å²) in [7, 11) is -3.51. The second-order valence-corrected chi connectivity index (χ2v) is 19.9. The fourth-order valence-corrected chi connectivity index (χ4v) is 12.0. The molecule has 8 nitrogen and oxygen atoms in total. The Labute approximate surface area is 309 Å². The molecule has 1 N–H and O–H groups in total. The number of aliphatic hydroxyl groups excluding tert-OH is 1. The highest BCUT2D eigenvalue weighted by molar-refractivity contribution is 9.10. The summed E-state index contributed by atoms with van der Waals surface area (Å²) in [5.74, 6) is -0.911. The number of ether oxygens (including phenoxy) is 1. The van der Waals surface area contributed by atoms with Crippen LogP contribution in [-0.2, 0) is 44.2 Å². The molecule has 7 rings (SSSR count). The van der Waals surface area contributed by atoms with E-state index in [1.165, 1.54) is 0 Å². The summed E-state index contributed by atoms with van der Waals surface area (Å²) < 4.78 is 24.2. The average Bonchev–Trinajstić information content (AvgIpc) is 3.51.